The van der Waals surface area contributed by atoms with Crippen LogP contribution in [0.25, 0.3) is 11.3 Å². The van der Waals surface area contributed by atoms with E-state index in [2.05, 4.69) is 15.6 Å². The van der Waals surface area contributed by atoms with Gasteiger partial charge in [0.1, 0.15) is 0 Å². The lowest BCUT2D eigenvalue weighted by molar-refractivity contribution is -0.119. The van der Waals surface area contributed by atoms with Crippen molar-refractivity contribution < 1.29 is 18.0 Å². The van der Waals surface area contributed by atoms with E-state index in [0.29, 0.717) is 10.8 Å². The maximum absolute atomic E-state index is 12.7. The number of anilines is 1. The van der Waals surface area contributed by atoms with Crippen molar-refractivity contribution in [1.29, 1.82) is 0 Å². The summed E-state index contributed by atoms with van der Waals surface area (Å²) in [6, 6.07) is 12.9. The first kappa shape index (κ1) is 24.1. The van der Waals surface area contributed by atoms with Crippen molar-refractivity contribution >= 4 is 38.1 Å². The molecule has 2 amide bonds. The second-order valence-electron chi connectivity index (χ2n) is 8.48. The average Bonchev–Trinajstić information content (AvgIpc) is 3.46. The monoisotopic (exact) mass is 497 g/mol. The molecule has 3 aromatic rings. The maximum Gasteiger partial charge on any atom is 0.227 e. The third-order valence-electron chi connectivity index (χ3n) is 5.90. The molecule has 2 aromatic carbocycles. The van der Waals surface area contributed by atoms with Crippen LogP contribution in [0.1, 0.15) is 49.4 Å². The fraction of sp³-hybridized carbons (Fsp3) is 0.320. The van der Waals surface area contributed by atoms with E-state index in [9.17, 15) is 18.0 Å². The van der Waals surface area contributed by atoms with Gasteiger partial charge in [-0.05, 0) is 55.0 Å². The largest absolute Gasteiger partial charge is 0.350 e. The van der Waals surface area contributed by atoms with Crippen LogP contribution >= 0.6 is 11.3 Å². The molecule has 7 nitrogen and oxygen atoms in total. The van der Waals surface area contributed by atoms with Crippen LogP contribution in [0.5, 0.6) is 0 Å². The van der Waals surface area contributed by atoms with Crippen LogP contribution in [0.15, 0.2) is 52.7 Å². The Bertz CT molecular complexity index is 1310. The summed E-state index contributed by atoms with van der Waals surface area (Å²) < 4.78 is 25.4. The molecule has 0 saturated carbocycles. The average molecular weight is 498 g/mol. The number of benzene rings is 2. The van der Waals surface area contributed by atoms with Crippen molar-refractivity contribution in [3.63, 3.8) is 0 Å². The van der Waals surface area contributed by atoms with E-state index in [0.717, 1.165) is 36.0 Å². The van der Waals surface area contributed by atoms with Crippen molar-refractivity contribution in [2.75, 3.05) is 11.1 Å². The van der Waals surface area contributed by atoms with E-state index in [4.69, 9.17) is 0 Å². The van der Waals surface area contributed by atoms with Gasteiger partial charge in [-0.25, -0.2) is 13.4 Å². The first-order valence-electron chi connectivity index (χ1n) is 11.2. The Balaban J connectivity index is 1.34. The van der Waals surface area contributed by atoms with E-state index in [1.165, 1.54) is 23.8 Å². The number of aryl methyl sites for hydroxylation is 2. The minimum atomic E-state index is -3.53. The van der Waals surface area contributed by atoms with Gasteiger partial charge >= 0.3 is 0 Å². The van der Waals surface area contributed by atoms with E-state index >= 15 is 0 Å². The van der Waals surface area contributed by atoms with Gasteiger partial charge in [-0.2, -0.15) is 0 Å². The number of aromatic nitrogens is 1. The van der Waals surface area contributed by atoms with Gasteiger partial charge in [0.05, 0.1) is 22.4 Å². The van der Waals surface area contributed by atoms with E-state index < -0.39 is 9.84 Å². The molecular formula is C25H27N3O4S2. The summed E-state index contributed by atoms with van der Waals surface area (Å²) in [6.07, 6.45) is 2.82. The second-order valence-corrected chi connectivity index (χ2v) is 11.5. The molecule has 2 N–H and O–H groups in total. The molecule has 34 heavy (non-hydrogen) atoms. The Labute approximate surface area is 203 Å². The predicted molar refractivity (Wildman–Crippen MR) is 134 cm³/mol. The van der Waals surface area contributed by atoms with Gasteiger partial charge in [-0.15, -0.1) is 11.3 Å². The summed E-state index contributed by atoms with van der Waals surface area (Å²) in [5, 5.41) is 7.81. The molecule has 1 aliphatic rings. The number of carbonyl (C=O) groups is 2. The summed E-state index contributed by atoms with van der Waals surface area (Å²) in [5.41, 5.74) is 4.89. The number of hydrogen-bond acceptors (Lipinski definition) is 6. The normalized spacial score (nSPS) is 13.8. The van der Waals surface area contributed by atoms with Crippen molar-refractivity contribution in [1.82, 2.24) is 10.3 Å². The molecular weight excluding hydrogens is 470 g/mol. The van der Waals surface area contributed by atoms with Crippen molar-refractivity contribution in [2.45, 2.75) is 50.5 Å². The van der Waals surface area contributed by atoms with Crippen molar-refractivity contribution in [3.8, 4) is 11.3 Å². The third-order valence-corrected chi connectivity index (χ3v) is 8.38. The predicted octanol–water partition coefficient (Wildman–Crippen LogP) is 4.30. The Hall–Kier alpha value is -3.04. The van der Waals surface area contributed by atoms with Crippen LogP contribution in [0.2, 0.25) is 0 Å². The highest BCUT2D eigenvalue weighted by atomic mass is 32.2. The first-order valence-corrected chi connectivity index (χ1v) is 13.7. The van der Waals surface area contributed by atoms with Crippen LogP contribution in [0.4, 0.5) is 5.13 Å². The lowest BCUT2D eigenvalue weighted by Crippen LogP contribution is -2.23. The number of sulfone groups is 1. The van der Waals surface area contributed by atoms with Gasteiger partial charge in [-0.1, -0.05) is 30.3 Å². The molecule has 1 atom stereocenters. The molecule has 1 aromatic heterocycles. The molecule has 9 heteroatoms. The summed E-state index contributed by atoms with van der Waals surface area (Å²) in [5.74, 6) is -0.717. The van der Waals surface area contributed by atoms with Crippen LogP contribution in [-0.4, -0.2) is 31.0 Å². The fourth-order valence-corrected chi connectivity index (χ4v) is 6.09. The minimum Gasteiger partial charge on any atom is -0.350 e. The number of rotatable bonds is 8. The SMILES string of the molecule is CC(=O)NC(C)c1ccc(-c2csc(NC(=O)CCS(=O)(=O)c3ccc4c(c3)CCC4)n2)cc1. The number of thiazole rings is 1. The first-order chi connectivity index (χ1) is 16.2. The van der Waals surface area contributed by atoms with Crippen molar-refractivity contribution in [2.24, 2.45) is 0 Å². The number of nitrogens with zero attached hydrogens (tertiary/aromatic N) is 1. The van der Waals surface area contributed by atoms with Gasteiger partial charge in [0.2, 0.25) is 11.8 Å². The molecule has 0 bridgehead atoms. The Morgan fingerprint density at radius 1 is 1.09 bits per heavy atom. The lowest BCUT2D eigenvalue weighted by atomic mass is 10.1. The Morgan fingerprint density at radius 2 is 1.82 bits per heavy atom. The number of hydrogen-bond donors (Lipinski definition) is 2. The van der Waals surface area contributed by atoms with Gasteiger partial charge in [0, 0.05) is 24.3 Å². The topological polar surface area (TPSA) is 105 Å². The Kier molecular flexibility index (Phi) is 7.13. The number of fused-ring (bicyclic) bond motifs is 1. The van der Waals surface area contributed by atoms with E-state index in [1.807, 2.05) is 42.6 Å². The minimum absolute atomic E-state index is 0.0865. The molecule has 1 aliphatic carbocycles. The van der Waals surface area contributed by atoms with Crippen LogP contribution < -0.4 is 10.6 Å². The molecule has 4 rings (SSSR count). The zero-order chi connectivity index (χ0) is 24.3. The highest BCUT2D eigenvalue weighted by Gasteiger charge is 2.20. The van der Waals surface area contributed by atoms with Gasteiger partial charge < -0.3 is 10.6 Å². The molecule has 1 heterocycles. The number of amides is 2. The molecule has 0 fully saturated rings. The van der Waals surface area contributed by atoms with E-state index in [-0.39, 0.29) is 34.9 Å². The zero-order valence-corrected chi connectivity index (χ0v) is 20.8. The highest BCUT2D eigenvalue weighted by Crippen LogP contribution is 2.27. The standard InChI is InChI=1S/C25H27N3O4S2/c1-16(26-17(2)29)18-6-8-20(9-7-18)23-15-33-25(27-23)28-24(30)12-13-34(31,32)22-11-10-19-4-3-5-21(19)14-22/h6-11,14-16H,3-5,12-13H2,1-2H3,(H,26,29)(H,27,28,30). The molecule has 0 saturated heterocycles. The van der Waals surface area contributed by atoms with Gasteiger partial charge in [0.25, 0.3) is 0 Å². The molecule has 1 unspecified atom stereocenters. The summed E-state index contributed by atoms with van der Waals surface area (Å²) in [7, 11) is -3.53. The summed E-state index contributed by atoms with van der Waals surface area (Å²) >= 11 is 1.29. The van der Waals surface area contributed by atoms with Crippen LogP contribution in [0, 0.1) is 0 Å². The van der Waals surface area contributed by atoms with E-state index in [1.54, 1.807) is 12.1 Å². The number of nitrogens with one attached hydrogen (secondary N) is 2. The van der Waals surface area contributed by atoms with Gasteiger partial charge in [-0.3, -0.25) is 9.59 Å². The molecule has 0 aliphatic heterocycles. The molecule has 178 valence electrons. The van der Waals surface area contributed by atoms with Crippen LogP contribution in [-0.2, 0) is 32.3 Å². The van der Waals surface area contributed by atoms with Crippen molar-refractivity contribution in [3.05, 3.63) is 64.5 Å². The fourth-order valence-electron chi connectivity index (χ4n) is 4.06. The Morgan fingerprint density at radius 3 is 2.56 bits per heavy atom. The maximum atomic E-state index is 12.7. The number of carbonyl (C=O) groups excluding carboxylic acids is 2. The quantitative estimate of drug-likeness (QED) is 0.483. The summed E-state index contributed by atoms with van der Waals surface area (Å²) in [4.78, 5) is 28.4. The lowest BCUT2D eigenvalue weighted by Gasteiger charge is -2.13. The van der Waals surface area contributed by atoms with Gasteiger partial charge in [0.15, 0.2) is 15.0 Å². The van der Waals surface area contributed by atoms with Crippen LogP contribution in [0.3, 0.4) is 0 Å². The summed E-state index contributed by atoms with van der Waals surface area (Å²) in [6.45, 7) is 3.40. The second kappa shape index (κ2) is 10.1. The molecule has 0 radical (unpaired) electrons. The molecule has 0 spiro atoms. The smallest absolute Gasteiger partial charge is 0.227 e. The zero-order valence-electron chi connectivity index (χ0n) is 19.1. The third kappa shape index (κ3) is 5.71. The highest BCUT2D eigenvalue weighted by molar-refractivity contribution is 7.91.